The monoisotopic (exact) mass is 242 g/mol. The predicted octanol–water partition coefficient (Wildman–Crippen LogP) is 2.42. The summed E-state index contributed by atoms with van der Waals surface area (Å²) in [5.74, 6) is 0.657. The highest BCUT2D eigenvalue weighted by Crippen LogP contribution is 2.39. The molecule has 0 radical (unpaired) electrons. The molecule has 1 amide bonds. The quantitative estimate of drug-likeness (QED) is 0.834. The van der Waals surface area contributed by atoms with Crippen LogP contribution in [0.1, 0.15) is 5.56 Å². The van der Waals surface area contributed by atoms with E-state index in [2.05, 4.69) is 5.32 Å². The predicted molar refractivity (Wildman–Crippen MR) is 69.8 cm³/mol. The van der Waals surface area contributed by atoms with E-state index in [1.807, 2.05) is 42.0 Å². The normalized spacial score (nSPS) is 13.3. The third kappa shape index (κ3) is 1.49. The first-order chi connectivity index (χ1) is 8.70. The number of anilines is 1. The molecule has 0 saturated heterocycles. The van der Waals surface area contributed by atoms with Crippen LogP contribution in [0.5, 0.6) is 5.75 Å². The van der Waals surface area contributed by atoms with Gasteiger partial charge in [-0.05, 0) is 24.6 Å². The molecule has 1 N–H and O–H groups in total. The Morgan fingerprint density at radius 2 is 2.17 bits per heavy atom. The van der Waals surface area contributed by atoms with Crippen LogP contribution in [0.15, 0.2) is 30.5 Å². The van der Waals surface area contributed by atoms with E-state index in [9.17, 15) is 4.79 Å². The van der Waals surface area contributed by atoms with Gasteiger partial charge in [0.25, 0.3) is 0 Å². The van der Waals surface area contributed by atoms with Crippen LogP contribution >= 0.6 is 0 Å². The summed E-state index contributed by atoms with van der Waals surface area (Å²) in [7, 11) is 1.61. The molecule has 0 aliphatic carbocycles. The van der Waals surface area contributed by atoms with Gasteiger partial charge in [0.05, 0.1) is 18.5 Å². The van der Waals surface area contributed by atoms with Gasteiger partial charge in [-0.3, -0.25) is 4.79 Å². The van der Waals surface area contributed by atoms with Crippen molar-refractivity contribution >= 4 is 11.6 Å². The number of ether oxygens (including phenoxy) is 1. The van der Waals surface area contributed by atoms with Gasteiger partial charge in [-0.1, -0.05) is 12.1 Å². The van der Waals surface area contributed by atoms with Crippen molar-refractivity contribution in [3.63, 3.8) is 0 Å². The minimum atomic E-state index is -0.0323. The zero-order valence-corrected chi connectivity index (χ0v) is 10.4. The first-order valence-corrected chi connectivity index (χ1v) is 5.83. The van der Waals surface area contributed by atoms with Crippen molar-refractivity contribution < 1.29 is 9.53 Å². The number of nitrogens with one attached hydrogen (secondary N) is 1. The molecule has 0 bridgehead atoms. The highest BCUT2D eigenvalue weighted by atomic mass is 16.5. The number of hydrogen-bond donors (Lipinski definition) is 1. The zero-order valence-electron chi connectivity index (χ0n) is 10.4. The maximum atomic E-state index is 11.9. The lowest BCUT2D eigenvalue weighted by Crippen LogP contribution is -2.16. The van der Waals surface area contributed by atoms with Gasteiger partial charge < -0.3 is 14.6 Å². The van der Waals surface area contributed by atoms with E-state index in [4.69, 9.17) is 4.74 Å². The fourth-order valence-corrected chi connectivity index (χ4v) is 2.44. The van der Waals surface area contributed by atoms with Crippen molar-refractivity contribution in [2.24, 2.45) is 0 Å². The summed E-state index contributed by atoms with van der Waals surface area (Å²) in [4.78, 5) is 11.9. The smallest absolute Gasteiger partial charge is 0.244 e. The molecule has 1 aliphatic heterocycles. The van der Waals surface area contributed by atoms with Crippen molar-refractivity contribution in [1.29, 1.82) is 0 Å². The molecule has 3 rings (SSSR count). The molecule has 0 atom stereocenters. The summed E-state index contributed by atoms with van der Waals surface area (Å²) in [6.45, 7) is 2.38. The maximum Gasteiger partial charge on any atom is 0.244 e. The molecular weight excluding hydrogens is 228 g/mol. The molecule has 0 fully saturated rings. The Bertz CT molecular complexity index is 629. The number of fused-ring (bicyclic) bond motifs is 3. The van der Waals surface area contributed by atoms with Gasteiger partial charge in [0, 0.05) is 11.8 Å². The van der Waals surface area contributed by atoms with Gasteiger partial charge in [0.15, 0.2) is 0 Å². The molecule has 0 saturated carbocycles. The standard InChI is InChI=1S/C14H14N2O2/c1-9-6-7-16-8-12(17)15-13-10(14(9)16)4-3-5-11(13)18-2/h3-7H,8H2,1-2H3,(H,15,17). The lowest BCUT2D eigenvalue weighted by Gasteiger charge is -2.12. The van der Waals surface area contributed by atoms with Crippen molar-refractivity contribution in [2.45, 2.75) is 13.5 Å². The highest BCUT2D eigenvalue weighted by molar-refractivity contribution is 5.99. The van der Waals surface area contributed by atoms with Crippen molar-refractivity contribution in [2.75, 3.05) is 12.4 Å². The molecule has 1 aromatic carbocycles. The van der Waals surface area contributed by atoms with Gasteiger partial charge in [-0.15, -0.1) is 0 Å². The topological polar surface area (TPSA) is 43.3 Å². The Labute approximate surface area is 105 Å². The number of carbonyl (C=O) groups excluding carboxylic acids is 1. The van der Waals surface area contributed by atoms with E-state index in [0.717, 1.165) is 22.5 Å². The lowest BCUT2D eigenvalue weighted by atomic mass is 10.1. The average molecular weight is 242 g/mol. The van der Waals surface area contributed by atoms with E-state index >= 15 is 0 Å². The average Bonchev–Trinajstić information content (AvgIpc) is 2.63. The summed E-state index contributed by atoms with van der Waals surface area (Å²) in [6.07, 6.45) is 1.94. The summed E-state index contributed by atoms with van der Waals surface area (Å²) in [6, 6.07) is 7.82. The maximum absolute atomic E-state index is 11.9. The van der Waals surface area contributed by atoms with Crippen molar-refractivity contribution in [3.05, 3.63) is 36.0 Å². The molecule has 0 unspecified atom stereocenters. The number of para-hydroxylation sites is 1. The van der Waals surface area contributed by atoms with Crippen LogP contribution in [-0.2, 0) is 11.3 Å². The first-order valence-electron chi connectivity index (χ1n) is 5.83. The number of aryl methyl sites for hydroxylation is 1. The third-order valence-electron chi connectivity index (χ3n) is 3.24. The number of methoxy groups -OCH3 is 1. The summed E-state index contributed by atoms with van der Waals surface area (Å²) < 4.78 is 7.29. The van der Waals surface area contributed by atoms with Crippen LogP contribution in [0.2, 0.25) is 0 Å². The second kappa shape index (κ2) is 3.91. The van der Waals surface area contributed by atoms with Gasteiger partial charge in [-0.2, -0.15) is 0 Å². The van der Waals surface area contributed by atoms with Crippen LogP contribution in [0, 0.1) is 6.92 Å². The Kier molecular flexibility index (Phi) is 2.37. The Morgan fingerprint density at radius 3 is 2.94 bits per heavy atom. The largest absolute Gasteiger partial charge is 0.495 e. The molecule has 1 aromatic heterocycles. The SMILES string of the molecule is COc1cccc2c1NC(=O)Cn1ccc(C)c1-2. The minimum Gasteiger partial charge on any atom is -0.495 e. The van der Waals surface area contributed by atoms with Crippen LogP contribution in [0.25, 0.3) is 11.3 Å². The van der Waals surface area contributed by atoms with E-state index in [1.54, 1.807) is 7.11 Å². The molecule has 2 aromatic rings. The zero-order chi connectivity index (χ0) is 12.7. The molecule has 1 aliphatic rings. The molecule has 18 heavy (non-hydrogen) atoms. The molecule has 2 heterocycles. The number of nitrogens with zero attached hydrogens (tertiary/aromatic N) is 1. The number of aromatic nitrogens is 1. The van der Waals surface area contributed by atoms with Crippen molar-refractivity contribution in [1.82, 2.24) is 4.57 Å². The summed E-state index contributed by atoms with van der Waals surface area (Å²) in [5, 5.41) is 2.92. The number of amides is 1. The second-order valence-electron chi connectivity index (χ2n) is 4.41. The molecule has 92 valence electrons. The number of hydrogen-bond acceptors (Lipinski definition) is 2. The summed E-state index contributed by atoms with van der Waals surface area (Å²) in [5.41, 5.74) is 3.98. The van der Waals surface area contributed by atoms with Crippen LogP contribution in [-0.4, -0.2) is 17.6 Å². The molecule has 4 heteroatoms. The lowest BCUT2D eigenvalue weighted by molar-refractivity contribution is -0.116. The molecule has 0 spiro atoms. The Balaban J connectivity index is 2.33. The van der Waals surface area contributed by atoms with Crippen LogP contribution < -0.4 is 10.1 Å². The highest BCUT2D eigenvalue weighted by Gasteiger charge is 2.22. The van der Waals surface area contributed by atoms with Crippen molar-refractivity contribution in [3.8, 4) is 17.0 Å². The van der Waals surface area contributed by atoms with Gasteiger partial charge in [0.2, 0.25) is 5.91 Å². The van der Waals surface area contributed by atoms with E-state index in [-0.39, 0.29) is 5.91 Å². The Hall–Kier alpha value is -2.23. The third-order valence-corrected chi connectivity index (χ3v) is 3.24. The Morgan fingerprint density at radius 1 is 1.33 bits per heavy atom. The van der Waals surface area contributed by atoms with Gasteiger partial charge in [0.1, 0.15) is 12.3 Å². The molecular formula is C14H14N2O2. The fraction of sp³-hybridized carbons (Fsp3) is 0.214. The number of rotatable bonds is 1. The van der Waals surface area contributed by atoms with E-state index < -0.39 is 0 Å². The number of benzene rings is 1. The second-order valence-corrected chi connectivity index (χ2v) is 4.41. The number of carbonyl (C=O) groups is 1. The van der Waals surface area contributed by atoms with Crippen LogP contribution in [0.3, 0.4) is 0 Å². The fourth-order valence-electron chi connectivity index (χ4n) is 2.44. The van der Waals surface area contributed by atoms with E-state index in [1.165, 1.54) is 0 Å². The van der Waals surface area contributed by atoms with Gasteiger partial charge >= 0.3 is 0 Å². The van der Waals surface area contributed by atoms with Gasteiger partial charge in [-0.25, -0.2) is 0 Å². The van der Waals surface area contributed by atoms with E-state index in [0.29, 0.717) is 12.3 Å². The van der Waals surface area contributed by atoms with Crippen LogP contribution in [0.4, 0.5) is 5.69 Å². The minimum absolute atomic E-state index is 0.0323. The first kappa shape index (κ1) is 10.9. The molecule has 4 nitrogen and oxygen atoms in total. The summed E-state index contributed by atoms with van der Waals surface area (Å²) >= 11 is 0.